The number of carbonyl (C=O) groups excluding carboxylic acids is 1. The molecule has 176 valence electrons. The van der Waals surface area contributed by atoms with Crippen molar-refractivity contribution in [3.8, 4) is 11.5 Å². The second kappa shape index (κ2) is 10.1. The lowest BCUT2D eigenvalue weighted by atomic mass is 9.98. The minimum absolute atomic E-state index is 0.0815. The lowest BCUT2D eigenvalue weighted by Gasteiger charge is -2.22. The van der Waals surface area contributed by atoms with Gasteiger partial charge in [-0.25, -0.2) is 15.0 Å². The quantitative estimate of drug-likeness (QED) is 0.268. The lowest BCUT2D eigenvalue weighted by molar-refractivity contribution is -0.130. The predicted octanol–water partition coefficient (Wildman–Crippen LogP) is 5.12. The third-order valence-corrected chi connectivity index (χ3v) is 6.92. The second-order valence-corrected chi connectivity index (χ2v) is 8.96. The van der Waals surface area contributed by atoms with Crippen molar-refractivity contribution in [3.63, 3.8) is 0 Å². The van der Waals surface area contributed by atoms with Crippen LogP contribution in [0.4, 0.5) is 0 Å². The Morgan fingerprint density at radius 2 is 1.63 bits per heavy atom. The van der Waals surface area contributed by atoms with E-state index in [4.69, 9.17) is 14.6 Å². The number of methoxy groups -OCH3 is 2. The maximum atomic E-state index is 13.4. The second-order valence-electron chi connectivity index (χ2n) is 7.99. The fourth-order valence-electron chi connectivity index (χ4n) is 4.08. The number of hydrogen-bond acceptors (Lipinski definition) is 7. The van der Waals surface area contributed by atoms with Crippen molar-refractivity contribution in [2.75, 3.05) is 20.0 Å². The molecule has 2 heterocycles. The molecular weight excluding hydrogens is 460 g/mol. The van der Waals surface area contributed by atoms with Gasteiger partial charge in [0.1, 0.15) is 22.9 Å². The zero-order valence-electron chi connectivity index (χ0n) is 19.4. The molecule has 0 fully saturated rings. The van der Waals surface area contributed by atoms with Gasteiger partial charge in [-0.15, -0.1) is 0 Å². The number of hydrazone groups is 1. The third-order valence-electron chi connectivity index (χ3n) is 5.93. The molecule has 1 atom stereocenters. The Morgan fingerprint density at radius 3 is 2.34 bits per heavy atom. The van der Waals surface area contributed by atoms with Crippen LogP contribution in [0.25, 0.3) is 10.9 Å². The number of nitrogens with zero attached hydrogens (tertiary/aromatic N) is 4. The van der Waals surface area contributed by atoms with Gasteiger partial charge in [-0.05, 0) is 53.6 Å². The monoisotopic (exact) mass is 484 g/mol. The maximum absolute atomic E-state index is 13.4. The Labute approximate surface area is 207 Å². The van der Waals surface area contributed by atoms with Crippen molar-refractivity contribution in [1.29, 1.82) is 0 Å². The van der Waals surface area contributed by atoms with Gasteiger partial charge in [-0.1, -0.05) is 42.1 Å². The summed E-state index contributed by atoms with van der Waals surface area (Å²) >= 11 is 1.40. The van der Waals surface area contributed by atoms with E-state index in [1.54, 1.807) is 19.2 Å². The smallest absolute Gasteiger partial charge is 0.253 e. The Kier molecular flexibility index (Phi) is 6.63. The molecule has 3 aromatic carbocycles. The van der Waals surface area contributed by atoms with Gasteiger partial charge in [0.15, 0.2) is 0 Å². The van der Waals surface area contributed by atoms with Crippen LogP contribution in [0, 0.1) is 0 Å². The van der Waals surface area contributed by atoms with Crippen LogP contribution in [0.3, 0.4) is 0 Å². The number of ether oxygens (including phenoxy) is 2. The number of fused-ring (bicyclic) bond motifs is 1. The molecule has 0 saturated heterocycles. The topological polar surface area (TPSA) is 76.9 Å². The minimum atomic E-state index is -0.201. The van der Waals surface area contributed by atoms with Crippen molar-refractivity contribution in [1.82, 2.24) is 15.0 Å². The van der Waals surface area contributed by atoms with Gasteiger partial charge in [0, 0.05) is 11.8 Å². The van der Waals surface area contributed by atoms with E-state index in [1.165, 1.54) is 18.1 Å². The summed E-state index contributed by atoms with van der Waals surface area (Å²) in [5, 5.41) is 8.09. The van der Waals surface area contributed by atoms with Gasteiger partial charge in [0.05, 0.1) is 37.2 Å². The van der Waals surface area contributed by atoms with E-state index >= 15 is 0 Å². The highest BCUT2D eigenvalue weighted by Crippen LogP contribution is 2.35. The molecule has 8 heteroatoms. The maximum Gasteiger partial charge on any atom is 0.253 e. The molecule has 35 heavy (non-hydrogen) atoms. The van der Waals surface area contributed by atoms with Crippen LogP contribution in [0.5, 0.6) is 11.5 Å². The molecule has 1 aromatic heterocycles. The molecule has 4 aromatic rings. The van der Waals surface area contributed by atoms with Crippen molar-refractivity contribution in [2.24, 2.45) is 5.10 Å². The Morgan fingerprint density at radius 1 is 0.943 bits per heavy atom. The van der Waals surface area contributed by atoms with E-state index in [2.05, 4.69) is 9.97 Å². The molecule has 0 spiro atoms. The van der Waals surface area contributed by atoms with Gasteiger partial charge in [-0.3, -0.25) is 4.79 Å². The van der Waals surface area contributed by atoms with Gasteiger partial charge in [0.25, 0.3) is 5.91 Å². The van der Waals surface area contributed by atoms with Gasteiger partial charge in [-0.2, -0.15) is 5.10 Å². The van der Waals surface area contributed by atoms with Gasteiger partial charge < -0.3 is 9.47 Å². The molecule has 5 rings (SSSR count). The van der Waals surface area contributed by atoms with Crippen molar-refractivity contribution >= 4 is 34.3 Å². The summed E-state index contributed by atoms with van der Waals surface area (Å²) in [5.41, 5.74) is 3.69. The Bertz CT molecular complexity index is 1370. The normalized spacial score (nSPS) is 15.2. The summed E-state index contributed by atoms with van der Waals surface area (Å²) in [6.07, 6.45) is 2.15. The van der Waals surface area contributed by atoms with E-state index < -0.39 is 0 Å². The first-order chi connectivity index (χ1) is 17.2. The van der Waals surface area contributed by atoms with Crippen LogP contribution < -0.4 is 9.47 Å². The number of hydrogen-bond donors (Lipinski definition) is 0. The van der Waals surface area contributed by atoms with Gasteiger partial charge in [0.2, 0.25) is 0 Å². The average molecular weight is 485 g/mol. The minimum Gasteiger partial charge on any atom is -0.497 e. The fraction of sp³-hybridized carbons (Fsp3) is 0.185. The molecule has 7 nitrogen and oxygen atoms in total. The Hall–Kier alpha value is -3.91. The number of amides is 1. The van der Waals surface area contributed by atoms with Crippen LogP contribution in [-0.2, 0) is 4.79 Å². The van der Waals surface area contributed by atoms with E-state index in [0.717, 1.165) is 44.3 Å². The van der Waals surface area contributed by atoms with Gasteiger partial charge >= 0.3 is 0 Å². The molecule has 0 N–H and O–H groups in total. The number of rotatable bonds is 7. The fourth-order valence-corrected chi connectivity index (χ4v) is 4.92. The van der Waals surface area contributed by atoms with Crippen LogP contribution in [0.1, 0.15) is 23.6 Å². The molecule has 0 aliphatic carbocycles. The molecule has 0 bridgehead atoms. The zero-order chi connectivity index (χ0) is 24.2. The standard InChI is InChI=1S/C27H24N4O3S/c1-33-20-11-7-18(8-12-20)24-15-25(19-9-13-21(34-2)14-10-19)31(30-24)26(32)16-35-27-22-5-3-4-6-23(22)28-17-29-27/h3-14,17,25H,15-16H2,1-2H3. The molecule has 0 saturated carbocycles. The average Bonchev–Trinajstić information content (AvgIpc) is 3.37. The zero-order valence-corrected chi connectivity index (χ0v) is 20.2. The summed E-state index contributed by atoms with van der Waals surface area (Å²) < 4.78 is 10.6. The number of benzene rings is 3. The van der Waals surface area contributed by atoms with Crippen molar-refractivity contribution in [3.05, 3.63) is 90.3 Å². The first-order valence-electron chi connectivity index (χ1n) is 11.2. The van der Waals surface area contributed by atoms with Crippen LogP contribution in [0.15, 0.2) is 89.3 Å². The first-order valence-corrected chi connectivity index (χ1v) is 12.2. The number of carbonyl (C=O) groups is 1. The molecule has 0 radical (unpaired) electrons. The predicted molar refractivity (Wildman–Crippen MR) is 137 cm³/mol. The van der Waals surface area contributed by atoms with Crippen molar-refractivity contribution < 1.29 is 14.3 Å². The molecule has 1 amide bonds. The van der Waals surface area contributed by atoms with Crippen molar-refractivity contribution in [2.45, 2.75) is 17.5 Å². The molecule has 1 aliphatic heterocycles. The highest BCUT2D eigenvalue weighted by molar-refractivity contribution is 8.00. The molecule has 1 aliphatic rings. The van der Waals surface area contributed by atoms with Crippen LogP contribution in [0.2, 0.25) is 0 Å². The van der Waals surface area contributed by atoms with E-state index in [-0.39, 0.29) is 17.7 Å². The summed E-state index contributed by atoms with van der Waals surface area (Å²) in [7, 11) is 3.28. The molecule has 1 unspecified atom stereocenters. The molecular formula is C27H24N4O3S. The summed E-state index contributed by atoms with van der Waals surface area (Å²) in [4.78, 5) is 22.2. The summed E-state index contributed by atoms with van der Waals surface area (Å²) in [6, 6.07) is 23.1. The number of aromatic nitrogens is 2. The Balaban J connectivity index is 1.41. The lowest BCUT2D eigenvalue weighted by Crippen LogP contribution is -2.28. The van der Waals surface area contributed by atoms with Crippen LogP contribution in [-0.4, -0.2) is 46.6 Å². The highest BCUT2D eigenvalue weighted by Gasteiger charge is 2.33. The first kappa shape index (κ1) is 22.9. The van der Waals surface area contributed by atoms with E-state index in [1.807, 2.05) is 72.8 Å². The van der Waals surface area contributed by atoms with Crippen LogP contribution >= 0.6 is 11.8 Å². The van der Waals surface area contributed by atoms with E-state index in [0.29, 0.717) is 6.42 Å². The highest BCUT2D eigenvalue weighted by atomic mass is 32.2. The summed E-state index contributed by atoms with van der Waals surface area (Å²) in [6.45, 7) is 0. The SMILES string of the molecule is COc1ccc(C2=NN(C(=O)CSc3ncnc4ccccc34)C(c3ccc(OC)cc3)C2)cc1. The van der Waals surface area contributed by atoms with E-state index in [9.17, 15) is 4.79 Å². The summed E-state index contributed by atoms with van der Waals surface area (Å²) in [5.74, 6) is 1.68. The largest absolute Gasteiger partial charge is 0.497 e. The third kappa shape index (κ3) is 4.83. The number of para-hydroxylation sites is 1. The number of thioether (sulfide) groups is 1.